The van der Waals surface area contributed by atoms with Crippen LogP contribution in [0, 0.1) is 6.92 Å². The molecule has 1 fully saturated rings. The lowest BCUT2D eigenvalue weighted by Crippen LogP contribution is -2.09. The molecule has 0 unspecified atom stereocenters. The first-order valence-electron chi connectivity index (χ1n) is 8.80. The monoisotopic (exact) mass is 340 g/mol. The van der Waals surface area contributed by atoms with Gasteiger partial charge in [-0.2, -0.15) is 5.10 Å². The second kappa shape index (κ2) is 7.17. The molecule has 6 heteroatoms. The van der Waals surface area contributed by atoms with Gasteiger partial charge in [-0.15, -0.1) is 0 Å². The third kappa shape index (κ3) is 3.78. The smallest absolute Gasteiger partial charge is 0.339 e. The lowest BCUT2D eigenvalue weighted by molar-refractivity contribution is 0.0694. The molecular formula is C19H24N4O2. The van der Waals surface area contributed by atoms with E-state index in [1.54, 1.807) is 0 Å². The Labute approximate surface area is 147 Å². The number of aromatic carboxylic acids is 1. The summed E-state index contributed by atoms with van der Waals surface area (Å²) in [5.74, 6) is -0.452. The predicted molar refractivity (Wildman–Crippen MR) is 96.5 cm³/mol. The third-order valence-electron chi connectivity index (χ3n) is 4.57. The molecule has 0 aliphatic heterocycles. The minimum Gasteiger partial charge on any atom is -0.478 e. The van der Waals surface area contributed by atoms with E-state index in [1.165, 1.54) is 31.9 Å². The van der Waals surface area contributed by atoms with E-state index in [0.29, 0.717) is 17.6 Å². The van der Waals surface area contributed by atoms with E-state index in [0.717, 1.165) is 11.4 Å². The van der Waals surface area contributed by atoms with Crippen molar-refractivity contribution in [1.29, 1.82) is 0 Å². The van der Waals surface area contributed by atoms with Crippen LogP contribution >= 0.6 is 0 Å². The maximum atomic E-state index is 11.3. The van der Waals surface area contributed by atoms with Crippen molar-refractivity contribution in [1.82, 2.24) is 19.7 Å². The van der Waals surface area contributed by atoms with Gasteiger partial charge in [0, 0.05) is 6.20 Å². The van der Waals surface area contributed by atoms with Crippen molar-refractivity contribution in [3.8, 4) is 0 Å². The summed E-state index contributed by atoms with van der Waals surface area (Å²) in [6.07, 6.45) is 10.0. The number of hydrogen-bond donors (Lipinski definition) is 1. The molecule has 1 N–H and O–H groups in total. The van der Waals surface area contributed by atoms with Gasteiger partial charge in [-0.1, -0.05) is 26.7 Å². The lowest BCUT2D eigenvalue weighted by atomic mass is 10.1. The summed E-state index contributed by atoms with van der Waals surface area (Å²) >= 11 is 0. The number of nitrogens with zero attached hydrogens (tertiary/aromatic N) is 4. The van der Waals surface area contributed by atoms with Crippen LogP contribution in [0.1, 0.15) is 84.8 Å². The number of aryl methyl sites for hydroxylation is 1. The average molecular weight is 340 g/mol. The first kappa shape index (κ1) is 17.3. The highest BCUT2D eigenvalue weighted by atomic mass is 16.4. The van der Waals surface area contributed by atoms with Crippen molar-refractivity contribution >= 4 is 18.1 Å². The number of carboxylic acids is 1. The van der Waals surface area contributed by atoms with E-state index in [1.807, 2.05) is 32.9 Å². The molecule has 0 atom stereocenters. The molecule has 0 amide bonds. The Hall–Kier alpha value is -2.50. The topological polar surface area (TPSA) is 80.9 Å². The van der Waals surface area contributed by atoms with Crippen LogP contribution in [0.15, 0.2) is 12.3 Å². The summed E-state index contributed by atoms with van der Waals surface area (Å²) in [6.45, 7) is 5.86. The quantitative estimate of drug-likeness (QED) is 0.886. The predicted octanol–water partition coefficient (Wildman–Crippen LogP) is 4.09. The highest BCUT2D eigenvalue weighted by Crippen LogP contribution is 2.30. The van der Waals surface area contributed by atoms with E-state index in [4.69, 9.17) is 0 Å². The molecule has 6 nitrogen and oxygen atoms in total. The Morgan fingerprint density at radius 1 is 1.32 bits per heavy atom. The summed E-state index contributed by atoms with van der Waals surface area (Å²) in [5.41, 5.74) is 2.76. The van der Waals surface area contributed by atoms with Gasteiger partial charge in [-0.25, -0.2) is 14.8 Å². The van der Waals surface area contributed by atoms with E-state index in [9.17, 15) is 9.90 Å². The standard InChI is InChI=1S/C19H24N4O2/c1-12(2)18-16(19(24)25)11-20-17(21-18)9-8-15-10-13(3)22-23(15)14-6-4-5-7-14/h8-12,14H,4-7H2,1-3H3,(H,24,25)/b9-8+. The second-order valence-corrected chi connectivity index (χ2v) is 6.91. The molecule has 132 valence electrons. The van der Waals surface area contributed by atoms with Gasteiger partial charge >= 0.3 is 5.97 Å². The zero-order valence-electron chi connectivity index (χ0n) is 14.9. The van der Waals surface area contributed by atoms with Crippen molar-refractivity contribution in [2.45, 2.75) is 58.4 Å². The highest BCUT2D eigenvalue weighted by molar-refractivity contribution is 5.88. The van der Waals surface area contributed by atoms with Crippen LogP contribution in [0.3, 0.4) is 0 Å². The van der Waals surface area contributed by atoms with Crippen molar-refractivity contribution in [3.05, 3.63) is 40.7 Å². The summed E-state index contributed by atoms with van der Waals surface area (Å²) in [4.78, 5) is 19.9. The van der Waals surface area contributed by atoms with Gasteiger partial charge in [-0.05, 0) is 43.9 Å². The Morgan fingerprint density at radius 3 is 2.68 bits per heavy atom. The highest BCUT2D eigenvalue weighted by Gasteiger charge is 2.20. The molecule has 1 saturated carbocycles. The first-order chi connectivity index (χ1) is 12.0. The SMILES string of the molecule is Cc1cc(/C=C/c2ncc(C(=O)O)c(C(C)C)n2)n(C2CCCC2)n1. The van der Waals surface area contributed by atoms with Gasteiger partial charge in [0.05, 0.1) is 28.7 Å². The molecule has 0 spiro atoms. The Balaban J connectivity index is 1.90. The second-order valence-electron chi connectivity index (χ2n) is 6.91. The zero-order chi connectivity index (χ0) is 18.0. The Bertz CT molecular complexity index is 802. The number of hydrogen-bond acceptors (Lipinski definition) is 4. The van der Waals surface area contributed by atoms with Crippen LogP contribution in [-0.2, 0) is 0 Å². The summed E-state index contributed by atoms with van der Waals surface area (Å²) in [5, 5.41) is 13.9. The molecule has 3 rings (SSSR count). The third-order valence-corrected chi connectivity index (χ3v) is 4.57. The van der Waals surface area contributed by atoms with Crippen LogP contribution in [0.25, 0.3) is 12.2 Å². The molecular weight excluding hydrogens is 316 g/mol. The number of carboxylic acid groups (broad SMARTS) is 1. The molecule has 0 bridgehead atoms. The van der Waals surface area contributed by atoms with Crippen molar-refractivity contribution in [2.24, 2.45) is 0 Å². The normalized spacial score (nSPS) is 15.5. The number of rotatable bonds is 5. The molecule has 0 radical (unpaired) electrons. The molecule has 2 heterocycles. The van der Waals surface area contributed by atoms with Gasteiger partial charge in [-0.3, -0.25) is 4.68 Å². The van der Waals surface area contributed by atoms with Crippen LogP contribution < -0.4 is 0 Å². The van der Waals surface area contributed by atoms with Gasteiger partial charge in [0.1, 0.15) is 0 Å². The summed E-state index contributed by atoms with van der Waals surface area (Å²) < 4.78 is 2.10. The Morgan fingerprint density at radius 2 is 2.04 bits per heavy atom. The average Bonchev–Trinajstić information content (AvgIpc) is 3.21. The van der Waals surface area contributed by atoms with Gasteiger partial charge in [0.15, 0.2) is 5.82 Å². The lowest BCUT2D eigenvalue weighted by Gasteiger charge is -2.12. The molecule has 2 aromatic heterocycles. The Kier molecular flexibility index (Phi) is 4.97. The molecule has 0 saturated heterocycles. The molecule has 2 aromatic rings. The minimum absolute atomic E-state index is 0.0208. The molecule has 0 aromatic carbocycles. The molecule has 25 heavy (non-hydrogen) atoms. The van der Waals surface area contributed by atoms with Gasteiger partial charge < -0.3 is 5.11 Å². The zero-order valence-corrected chi connectivity index (χ0v) is 14.9. The number of aromatic nitrogens is 4. The van der Waals surface area contributed by atoms with Gasteiger partial charge in [0.2, 0.25) is 0 Å². The fourth-order valence-electron chi connectivity index (χ4n) is 3.36. The van der Waals surface area contributed by atoms with E-state index >= 15 is 0 Å². The maximum Gasteiger partial charge on any atom is 0.339 e. The van der Waals surface area contributed by atoms with Crippen LogP contribution in [-0.4, -0.2) is 30.8 Å². The minimum atomic E-state index is -0.992. The van der Waals surface area contributed by atoms with Crippen LogP contribution in [0.5, 0.6) is 0 Å². The maximum absolute atomic E-state index is 11.3. The first-order valence-corrected chi connectivity index (χ1v) is 8.80. The summed E-state index contributed by atoms with van der Waals surface area (Å²) in [7, 11) is 0. The largest absolute Gasteiger partial charge is 0.478 e. The van der Waals surface area contributed by atoms with Crippen molar-refractivity contribution in [3.63, 3.8) is 0 Å². The molecule has 1 aliphatic rings. The van der Waals surface area contributed by atoms with E-state index in [-0.39, 0.29) is 11.5 Å². The fraction of sp³-hybridized carbons (Fsp3) is 0.474. The van der Waals surface area contributed by atoms with Crippen molar-refractivity contribution in [2.75, 3.05) is 0 Å². The van der Waals surface area contributed by atoms with Gasteiger partial charge in [0.25, 0.3) is 0 Å². The number of carbonyl (C=O) groups is 1. The fourth-order valence-corrected chi connectivity index (χ4v) is 3.36. The van der Waals surface area contributed by atoms with Crippen LogP contribution in [0.4, 0.5) is 0 Å². The van der Waals surface area contributed by atoms with Crippen molar-refractivity contribution < 1.29 is 9.90 Å². The van der Waals surface area contributed by atoms with E-state index in [2.05, 4.69) is 25.8 Å². The summed E-state index contributed by atoms with van der Waals surface area (Å²) in [6, 6.07) is 2.53. The molecule has 1 aliphatic carbocycles. The van der Waals surface area contributed by atoms with Crippen LogP contribution in [0.2, 0.25) is 0 Å². The van der Waals surface area contributed by atoms with E-state index < -0.39 is 5.97 Å².